The average Bonchev–Trinajstić information content (AvgIpc) is 3.04. The van der Waals surface area contributed by atoms with Crippen LogP contribution in [0.25, 0.3) is 11.1 Å². The first-order valence-electron chi connectivity index (χ1n) is 11.5. The van der Waals surface area contributed by atoms with Gasteiger partial charge in [-0.3, -0.25) is 14.7 Å². The van der Waals surface area contributed by atoms with Crippen LogP contribution in [0.3, 0.4) is 0 Å². The van der Waals surface area contributed by atoms with Crippen molar-refractivity contribution in [2.24, 2.45) is 10.7 Å². The van der Waals surface area contributed by atoms with Gasteiger partial charge in [0.1, 0.15) is 11.6 Å². The molecule has 3 aromatic rings. The summed E-state index contributed by atoms with van der Waals surface area (Å²) in [6.45, 7) is 7.91. The number of carbonyl (C=O) groups excluding carboxylic acids is 1. The molecule has 2 aliphatic heterocycles. The fourth-order valence-electron chi connectivity index (χ4n) is 4.10. The number of likely N-dealkylation sites (N-methyl/N-ethyl adjacent to an activating group) is 1. The number of hydrogen-bond donors (Lipinski definition) is 1. The largest absolute Gasteiger partial charge is 0.490 e. The maximum absolute atomic E-state index is 13.8. The molecule has 8 heteroatoms. The van der Waals surface area contributed by atoms with Gasteiger partial charge in [0, 0.05) is 36.4 Å². The molecule has 0 radical (unpaired) electrons. The molecule has 6 nitrogen and oxygen atoms in total. The Bertz CT molecular complexity index is 1210. The molecule has 0 bridgehead atoms. The van der Waals surface area contributed by atoms with Crippen molar-refractivity contribution >= 4 is 23.5 Å². The number of fused-ring (bicyclic) bond motifs is 2. The second-order valence-electron chi connectivity index (χ2n) is 8.23. The number of aromatic nitrogens is 1. The summed E-state index contributed by atoms with van der Waals surface area (Å²) < 4.78 is 19.6. The van der Waals surface area contributed by atoms with Crippen molar-refractivity contribution in [2.75, 3.05) is 7.05 Å². The number of nitrogens with zero attached hydrogens (tertiary/aromatic N) is 3. The number of nitrogens with two attached hydrogens (primary N) is 1. The van der Waals surface area contributed by atoms with E-state index >= 15 is 0 Å². The highest BCUT2D eigenvalue weighted by molar-refractivity contribution is 6.30. The number of benzene rings is 2. The highest BCUT2D eigenvalue weighted by Crippen LogP contribution is 2.47. The quantitative estimate of drug-likeness (QED) is 0.467. The smallest absolute Gasteiger partial charge is 0.261 e. The lowest BCUT2D eigenvalue weighted by atomic mass is 9.81. The monoisotopic (exact) mass is 496 g/mol. The number of pyridine rings is 1. The number of aliphatic imine (C=N–C) groups is 1. The van der Waals surface area contributed by atoms with Crippen LogP contribution in [0.4, 0.5) is 4.39 Å². The van der Waals surface area contributed by atoms with Crippen molar-refractivity contribution in [1.82, 2.24) is 9.88 Å². The molecule has 2 N–H and O–H groups in total. The molecule has 0 aliphatic carbocycles. The zero-order valence-electron chi connectivity index (χ0n) is 20.5. The zero-order chi connectivity index (χ0) is 25.8. The third-order valence-electron chi connectivity index (χ3n) is 5.65. The Morgan fingerprint density at radius 2 is 1.91 bits per heavy atom. The minimum Gasteiger partial charge on any atom is -0.490 e. The van der Waals surface area contributed by atoms with Crippen LogP contribution in [-0.2, 0) is 10.3 Å². The molecule has 3 heterocycles. The molecule has 184 valence electrons. The first-order valence-corrected chi connectivity index (χ1v) is 11.8. The Morgan fingerprint density at radius 3 is 2.46 bits per heavy atom. The van der Waals surface area contributed by atoms with Crippen molar-refractivity contribution in [2.45, 2.75) is 45.8 Å². The molecule has 0 saturated heterocycles. The Morgan fingerprint density at radius 1 is 1.17 bits per heavy atom. The van der Waals surface area contributed by atoms with E-state index in [-0.39, 0.29) is 18.0 Å². The van der Waals surface area contributed by atoms with E-state index < -0.39 is 11.4 Å². The number of ether oxygens (including phenoxy) is 1. The van der Waals surface area contributed by atoms with Crippen LogP contribution in [-0.4, -0.2) is 34.9 Å². The Kier molecular flexibility index (Phi) is 8.12. The van der Waals surface area contributed by atoms with Crippen LogP contribution in [0.15, 0.2) is 65.9 Å². The minimum atomic E-state index is -1.11. The molecule has 35 heavy (non-hydrogen) atoms. The summed E-state index contributed by atoms with van der Waals surface area (Å²) in [5.74, 6) is 0.133. The maximum Gasteiger partial charge on any atom is 0.261 e. The number of carbonyl (C=O) groups is 1. The van der Waals surface area contributed by atoms with Gasteiger partial charge < -0.3 is 10.5 Å². The van der Waals surface area contributed by atoms with E-state index in [9.17, 15) is 9.18 Å². The molecular formula is C27H30ClFN4O2. The van der Waals surface area contributed by atoms with Gasteiger partial charge in [-0.2, -0.15) is 0 Å². The summed E-state index contributed by atoms with van der Waals surface area (Å²) in [6, 6.07) is 13.7. The van der Waals surface area contributed by atoms with Gasteiger partial charge in [0.2, 0.25) is 0 Å². The second-order valence-corrected chi connectivity index (χ2v) is 8.66. The summed E-state index contributed by atoms with van der Waals surface area (Å²) in [5, 5.41) is 0.302. The number of halogens is 2. The molecule has 2 aromatic carbocycles. The van der Waals surface area contributed by atoms with Crippen molar-refractivity contribution in [3.05, 3.63) is 82.9 Å². The standard InChI is InChI=1S/C19H17ClFN3O2.C6H7N.C2H6/c1-10-9-19(17(25)24(2)18(22)23-19)15-7-11(3-4-16(15)26-10)12-5-13(20)8-14(21)6-12;1-6-3-2-4-7-5-6;1-2/h3-8,10H,9H2,1-2H3,(H2,22,23);2-5H,1H3;1-2H3/t10-,19-;;/m1../s1. The van der Waals surface area contributed by atoms with Crippen LogP contribution < -0.4 is 10.5 Å². The van der Waals surface area contributed by atoms with Gasteiger partial charge in [-0.1, -0.05) is 37.6 Å². The van der Waals surface area contributed by atoms with Crippen LogP contribution >= 0.6 is 11.6 Å². The Balaban J connectivity index is 0.000000324. The molecule has 2 aliphatic rings. The first-order chi connectivity index (χ1) is 16.7. The van der Waals surface area contributed by atoms with Gasteiger partial charge in [-0.25, -0.2) is 9.38 Å². The lowest BCUT2D eigenvalue weighted by molar-refractivity contribution is -0.132. The number of amides is 1. The van der Waals surface area contributed by atoms with E-state index in [1.807, 2.05) is 52.1 Å². The van der Waals surface area contributed by atoms with Crippen LogP contribution in [0.1, 0.15) is 38.3 Å². The molecule has 1 amide bonds. The summed E-state index contributed by atoms with van der Waals surface area (Å²) in [7, 11) is 1.60. The van der Waals surface area contributed by atoms with Crippen molar-refractivity contribution in [1.29, 1.82) is 0 Å². The number of hydrogen-bond acceptors (Lipinski definition) is 5. The molecule has 0 fully saturated rings. The van der Waals surface area contributed by atoms with Gasteiger partial charge in [0.15, 0.2) is 11.5 Å². The lowest BCUT2D eigenvalue weighted by Gasteiger charge is -2.35. The summed E-state index contributed by atoms with van der Waals surface area (Å²) in [4.78, 5) is 22.7. The van der Waals surface area contributed by atoms with Gasteiger partial charge >= 0.3 is 0 Å². The van der Waals surface area contributed by atoms with E-state index in [1.165, 1.54) is 22.6 Å². The minimum absolute atomic E-state index is 0.175. The molecule has 5 rings (SSSR count). The van der Waals surface area contributed by atoms with E-state index in [4.69, 9.17) is 22.1 Å². The summed E-state index contributed by atoms with van der Waals surface area (Å²) >= 11 is 5.98. The average molecular weight is 497 g/mol. The second kappa shape index (κ2) is 10.9. The Hall–Kier alpha value is -3.45. The van der Waals surface area contributed by atoms with E-state index in [0.717, 1.165) is 5.56 Å². The highest BCUT2D eigenvalue weighted by atomic mass is 35.5. The molecule has 0 saturated carbocycles. The van der Waals surface area contributed by atoms with Crippen LogP contribution in [0.2, 0.25) is 5.02 Å². The topological polar surface area (TPSA) is 80.8 Å². The van der Waals surface area contributed by atoms with Crippen molar-refractivity contribution < 1.29 is 13.9 Å². The summed E-state index contributed by atoms with van der Waals surface area (Å²) in [6.07, 6.45) is 3.80. The van der Waals surface area contributed by atoms with E-state index in [1.54, 1.807) is 31.4 Å². The molecule has 0 unspecified atom stereocenters. The van der Waals surface area contributed by atoms with E-state index in [2.05, 4.69) is 9.98 Å². The third-order valence-corrected chi connectivity index (χ3v) is 5.87. The normalized spacial score (nSPS) is 20.1. The molecular weight excluding hydrogens is 467 g/mol. The predicted molar refractivity (Wildman–Crippen MR) is 138 cm³/mol. The number of guanidine groups is 1. The number of rotatable bonds is 1. The van der Waals surface area contributed by atoms with Crippen molar-refractivity contribution in [3.63, 3.8) is 0 Å². The van der Waals surface area contributed by atoms with Gasteiger partial charge in [-0.15, -0.1) is 0 Å². The molecule has 2 atom stereocenters. The lowest BCUT2D eigenvalue weighted by Crippen LogP contribution is -2.45. The van der Waals surface area contributed by atoms with Crippen molar-refractivity contribution in [3.8, 4) is 16.9 Å². The SMILES string of the molecule is CC.C[C@@H]1C[C@@]2(N=C(N)N(C)C2=O)c2cc(-c3cc(F)cc(Cl)c3)ccc2O1.Cc1cccnc1. The Labute approximate surface area is 210 Å². The van der Waals surface area contributed by atoms with Gasteiger partial charge in [0.25, 0.3) is 5.91 Å². The van der Waals surface area contributed by atoms with Crippen LogP contribution in [0.5, 0.6) is 5.75 Å². The van der Waals surface area contributed by atoms with Gasteiger partial charge in [-0.05, 0) is 66.9 Å². The zero-order valence-corrected chi connectivity index (χ0v) is 21.3. The molecule has 1 spiro atoms. The highest BCUT2D eigenvalue weighted by Gasteiger charge is 2.52. The van der Waals surface area contributed by atoms with Crippen LogP contribution in [0, 0.1) is 12.7 Å². The molecule has 1 aromatic heterocycles. The predicted octanol–water partition coefficient (Wildman–Crippen LogP) is 5.72. The fourth-order valence-corrected chi connectivity index (χ4v) is 4.32. The van der Waals surface area contributed by atoms with E-state index in [0.29, 0.717) is 28.3 Å². The maximum atomic E-state index is 13.8. The fraction of sp³-hybridized carbons (Fsp3) is 0.296. The third kappa shape index (κ3) is 5.46. The number of aryl methyl sites for hydroxylation is 1. The first kappa shape index (κ1) is 26.2. The van der Waals surface area contributed by atoms with Gasteiger partial charge in [0.05, 0.1) is 6.10 Å². The summed E-state index contributed by atoms with van der Waals surface area (Å²) in [5.41, 5.74) is 7.98.